The standard InChI is InChI=1S/C20H15F3N4O4/c21-20(22,23)13-9-11(10-30-19(29)27-18(24)25)5-8-16(13)31-17(28)15-7-6-12-3-1-2-4-14(12)26-15/h1-9H,10H2,(H4,24,25,27,29). The Balaban J connectivity index is 1.83. The Kier molecular flexibility index (Phi) is 6.05. The first-order valence-electron chi connectivity index (χ1n) is 8.68. The molecule has 0 saturated carbocycles. The molecule has 0 unspecified atom stereocenters. The first-order valence-corrected chi connectivity index (χ1v) is 8.68. The number of aliphatic imine (C=N–C) groups is 1. The molecule has 8 nitrogen and oxygen atoms in total. The molecule has 160 valence electrons. The largest absolute Gasteiger partial charge is 0.443 e. The zero-order valence-corrected chi connectivity index (χ0v) is 15.7. The Labute approximate surface area is 173 Å². The third-order valence-corrected chi connectivity index (χ3v) is 3.94. The number of alkyl halides is 3. The highest BCUT2D eigenvalue weighted by atomic mass is 19.4. The molecule has 2 aromatic carbocycles. The number of pyridine rings is 1. The number of para-hydroxylation sites is 1. The lowest BCUT2D eigenvalue weighted by molar-refractivity contribution is -0.138. The van der Waals surface area contributed by atoms with E-state index in [4.69, 9.17) is 16.2 Å². The fourth-order valence-corrected chi connectivity index (χ4v) is 2.59. The molecule has 0 aliphatic heterocycles. The van der Waals surface area contributed by atoms with Crippen LogP contribution in [0.2, 0.25) is 0 Å². The van der Waals surface area contributed by atoms with Crippen LogP contribution >= 0.6 is 0 Å². The second-order valence-corrected chi connectivity index (χ2v) is 6.20. The molecule has 1 heterocycles. The molecule has 0 bridgehead atoms. The molecule has 0 fully saturated rings. The summed E-state index contributed by atoms with van der Waals surface area (Å²) in [7, 11) is 0. The normalized spacial score (nSPS) is 11.1. The van der Waals surface area contributed by atoms with Crippen LogP contribution in [0.5, 0.6) is 5.75 Å². The minimum atomic E-state index is -4.84. The number of nitrogens with zero attached hydrogens (tertiary/aromatic N) is 2. The summed E-state index contributed by atoms with van der Waals surface area (Å²) in [5.41, 5.74) is 9.12. The summed E-state index contributed by atoms with van der Waals surface area (Å²) in [6.45, 7) is -0.529. The number of hydrogen-bond acceptors (Lipinski definition) is 5. The molecule has 11 heteroatoms. The summed E-state index contributed by atoms with van der Waals surface area (Å²) in [6.07, 6.45) is -6.00. The average molecular weight is 432 g/mol. The van der Waals surface area contributed by atoms with Crippen LogP contribution in [0, 0.1) is 0 Å². The van der Waals surface area contributed by atoms with Crippen molar-refractivity contribution in [2.75, 3.05) is 0 Å². The summed E-state index contributed by atoms with van der Waals surface area (Å²) in [5, 5.41) is 0.759. The first-order chi connectivity index (χ1) is 14.6. The zero-order chi connectivity index (χ0) is 22.6. The molecule has 0 saturated heterocycles. The van der Waals surface area contributed by atoms with Gasteiger partial charge in [0.1, 0.15) is 18.1 Å². The molecule has 1 aromatic heterocycles. The Morgan fingerprint density at radius 2 is 1.77 bits per heavy atom. The highest BCUT2D eigenvalue weighted by Crippen LogP contribution is 2.37. The van der Waals surface area contributed by atoms with E-state index in [0.717, 1.165) is 11.5 Å². The lowest BCUT2D eigenvalue weighted by atomic mass is 10.1. The van der Waals surface area contributed by atoms with Crippen LogP contribution in [-0.4, -0.2) is 23.0 Å². The molecule has 0 aliphatic carbocycles. The number of aromatic nitrogens is 1. The van der Waals surface area contributed by atoms with Crippen molar-refractivity contribution in [1.82, 2.24) is 4.98 Å². The maximum atomic E-state index is 13.5. The Morgan fingerprint density at radius 3 is 2.48 bits per heavy atom. The van der Waals surface area contributed by atoms with Crippen LogP contribution in [0.3, 0.4) is 0 Å². The maximum Gasteiger partial charge on any atom is 0.437 e. The van der Waals surface area contributed by atoms with Crippen LogP contribution in [0.1, 0.15) is 21.6 Å². The molecular formula is C20H15F3N4O4. The minimum Gasteiger partial charge on any atom is -0.443 e. The van der Waals surface area contributed by atoms with Gasteiger partial charge in [-0.1, -0.05) is 30.3 Å². The molecule has 4 N–H and O–H groups in total. The van der Waals surface area contributed by atoms with E-state index in [2.05, 4.69) is 14.7 Å². The van der Waals surface area contributed by atoms with Gasteiger partial charge in [-0.25, -0.2) is 14.6 Å². The molecule has 31 heavy (non-hydrogen) atoms. The number of hydrogen-bond donors (Lipinski definition) is 2. The van der Waals surface area contributed by atoms with E-state index in [0.29, 0.717) is 11.6 Å². The van der Waals surface area contributed by atoms with E-state index in [-0.39, 0.29) is 11.3 Å². The van der Waals surface area contributed by atoms with Crippen LogP contribution in [0.4, 0.5) is 18.0 Å². The van der Waals surface area contributed by atoms with Gasteiger partial charge in [0, 0.05) is 5.39 Å². The van der Waals surface area contributed by atoms with Crippen molar-refractivity contribution in [3.8, 4) is 5.75 Å². The van der Waals surface area contributed by atoms with Crippen LogP contribution in [0.15, 0.2) is 59.6 Å². The van der Waals surface area contributed by atoms with Crippen molar-refractivity contribution in [3.63, 3.8) is 0 Å². The number of halogens is 3. The SMILES string of the molecule is NC(N)=NC(=O)OCc1ccc(OC(=O)c2ccc3ccccc3n2)c(C(F)(F)F)c1. The van der Waals surface area contributed by atoms with Crippen molar-refractivity contribution >= 4 is 28.9 Å². The number of carbonyl (C=O) groups is 2. The number of carbonyl (C=O) groups excluding carboxylic acids is 2. The van der Waals surface area contributed by atoms with Crippen molar-refractivity contribution in [2.45, 2.75) is 12.8 Å². The summed E-state index contributed by atoms with van der Waals surface area (Å²) < 4.78 is 50.1. The van der Waals surface area contributed by atoms with Gasteiger partial charge in [-0.05, 0) is 29.8 Å². The molecule has 3 rings (SSSR count). The highest BCUT2D eigenvalue weighted by Gasteiger charge is 2.35. The van der Waals surface area contributed by atoms with Gasteiger partial charge < -0.3 is 20.9 Å². The monoisotopic (exact) mass is 432 g/mol. The van der Waals surface area contributed by atoms with Crippen LogP contribution < -0.4 is 16.2 Å². The van der Waals surface area contributed by atoms with Gasteiger partial charge in [-0.3, -0.25) is 0 Å². The summed E-state index contributed by atoms with van der Waals surface area (Å²) >= 11 is 0. The van der Waals surface area contributed by atoms with Crippen molar-refractivity contribution in [3.05, 3.63) is 71.4 Å². The zero-order valence-electron chi connectivity index (χ0n) is 15.7. The predicted octanol–water partition coefficient (Wildman–Crippen LogP) is 3.38. The third kappa shape index (κ3) is 5.47. The van der Waals surface area contributed by atoms with E-state index in [1.54, 1.807) is 30.3 Å². The molecule has 1 amide bonds. The van der Waals surface area contributed by atoms with E-state index in [1.807, 2.05) is 0 Å². The quantitative estimate of drug-likeness (QED) is 0.280. The number of ether oxygens (including phenoxy) is 2. The van der Waals surface area contributed by atoms with Gasteiger partial charge in [0.2, 0.25) is 0 Å². The van der Waals surface area contributed by atoms with Gasteiger partial charge in [0.05, 0.1) is 11.1 Å². The number of guanidine groups is 1. The van der Waals surface area contributed by atoms with Gasteiger partial charge in [0.15, 0.2) is 5.96 Å². The van der Waals surface area contributed by atoms with Crippen LogP contribution in [-0.2, 0) is 17.5 Å². The summed E-state index contributed by atoms with van der Waals surface area (Å²) in [6, 6.07) is 12.7. The second kappa shape index (κ2) is 8.69. The van der Waals surface area contributed by atoms with Gasteiger partial charge in [-0.15, -0.1) is 4.99 Å². The number of fused-ring (bicyclic) bond motifs is 1. The Bertz CT molecular complexity index is 1170. The number of nitrogens with two attached hydrogens (primary N) is 2. The molecule has 0 atom stereocenters. The number of esters is 1. The number of rotatable bonds is 4. The molecular weight excluding hydrogens is 417 g/mol. The molecule has 3 aromatic rings. The minimum absolute atomic E-state index is 0.0184. The Hall–Kier alpha value is -4.15. The summed E-state index contributed by atoms with van der Waals surface area (Å²) in [4.78, 5) is 30.9. The summed E-state index contributed by atoms with van der Waals surface area (Å²) in [5.74, 6) is -2.32. The topological polar surface area (TPSA) is 130 Å². The van der Waals surface area contributed by atoms with Gasteiger partial charge in [0.25, 0.3) is 0 Å². The second-order valence-electron chi connectivity index (χ2n) is 6.20. The van der Waals surface area contributed by atoms with E-state index < -0.39 is 42.1 Å². The van der Waals surface area contributed by atoms with E-state index in [9.17, 15) is 22.8 Å². The Morgan fingerprint density at radius 1 is 1.03 bits per heavy atom. The number of benzene rings is 2. The highest BCUT2D eigenvalue weighted by molar-refractivity contribution is 5.92. The lowest BCUT2D eigenvalue weighted by Crippen LogP contribution is -2.24. The van der Waals surface area contributed by atoms with Crippen LogP contribution in [0.25, 0.3) is 10.9 Å². The van der Waals surface area contributed by atoms with Crippen molar-refractivity contribution in [1.29, 1.82) is 0 Å². The maximum absolute atomic E-state index is 13.5. The third-order valence-electron chi connectivity index (χ3n) is 3.94. The van der Waals surface area contributed by atoms with E-state index in [1.165, 1.54) is 12.1 Å². The van der Waals surface area contributed by atoms with Crippen molar-refractivity contribution in [2.24, 2.45) is 16.5 Å². The average Bonchev–Trinajstić information content (AvgIpc) is 2.71. The van der Waals surface area contributed by atoms with Gasteiger partial charge >= 0.3 is 18.2 Å². The van der Waals surface area contributed by atoms with E-state index >= 15 is 0 Å². The predicted molar refractivity (Wildman–Crippen MR) is 104 cm³/mol. The lowest BCUT2D eigenvalue weighted by Gasteiger charge is -2.14. The fourth-order valence-electron chi connectivity index (χ4n) is 2.59. The smallest absolute Gasteiger partial charge is 0.437 e. The van der Waals surface area contributed by atoms with Gasteiger partial charge in [-0.2, -0.15) is 13.2 Å². The fraction of sp³-hybridized carbons (Fsp3) is 0.100. The first kappa shape index (κ1) is 21.6. The molecule has 0 spiro atoms. The molecule has 0 aliphatic rings. The molecule has 0 radical (unpaired) electrons. The van der Waals surface area contributed by atoms with Crippen molar-refractivity contribution < 1.29 is 32.2 Å². The number of amides is 1.